The van der Waals surface area contributed by atoms with Crippen molar-refractivity contribution in [1.82, 2.24) is 0 Å². The highest BCUT2D eigenvalue weighted by Gasteiger charge is 2.48. The first-order valence-corrected chi connectivity index (χ1v) is 10.00. The van der Waals surface area contributed by atoms with E-state index in [2.05, 4.69) is 0 Å². The lowest BCUT2D eigenvalue weighted by Gasteiger charge is -2.43. The summed E-state index contributed by atoms with van der Waals surface area (Å²) in [5, 5.41) is 79.1. The molecule has 2 saturated heterocycles. The first-order valence-electron chi connectivity index (χ1n) is 10.00. The van der Waals surface area contributed by atoms with Crippen molar-refractivity contribution in [3.05, 3.63) is 35.9 Å². The molecule has 0 spiro atoms. The molecule has 0 radical (unpaired) electrons. The van der Waals surface area contributed by atoms with Gasteiger partial charge in [0.1, 0.15) is 48.8 Å². The van der Waals surface area contributed by atoms with Gasteiger partial charge in [-0.2, -0.15) is 5.26 Å². The van der Waals surface area contributed by atoms with E-state index in [9.17, 15) is 41.0 Å². The molecule has 0 unspecified atom stereocenters. The van der Waals surface area contributed by atoms with Gasteiger partial charge in [-0.1, -0.05) is 30.3 Å². The van der Waals surface area contributed by atoms with Crippen LogP contribution in [0.25, 0.3) is 0 Å². The van der Waals surface area contributed by atoms with E-state index in [1.54, 1.807) is 30.3 Å². The first kappa shape index (κ1) is 24.9. The van der Waals surface area contributed by atoms with Crippen molar-refractivity contribution < 1.29 is 54.7 Å². The summed E-state index contributed by atoms with van der Waals surface area (Å²) in [4.78, 5) is 0. The van der Waals surface area contributed by atoms with E-state index in [-0.39, 0.29) is 0 Å². The van der Waals surface area contributed by atoms with Gasteiger partial charge in [0.2, 0.25) is 0 Å². The molecule has 3 rings (SSSR count). The first-order chi connectivity index (χ1) is 15.3. The van der Waals surface area contributed by atoms with Crippen molar-refractivity contribution in [1.29, 1.82) is 5.26 Å². The van der Waals surface area contributed by atoms with Crippen molar-refractivity contribution in [2.24, 2.45) is 0 Å². The van der Waals surface area contributed by atoms with Gasteiger partial charge in [0, 0.05) is 0 Å². The molecular weight excluding hydrogens is 430 g/mol. The third-order valence-electron chi connectivity index (χ3n) is 5.43. The Morgan fingerprint density at radius 1 is 0.812 bits per heavy atom. The summed E-state index contributed by atoms with van der Waals surface area (Å²) < 4.78 is 21.6. The molecule has 178 valence electrons. The average Bonchev–Trinajstić information content (AvgIpc) is 2.81. The number of ether oxygens (including phenoxy) is 4. The van der Waals surface area contributed by atoms with Crippen molar-refractivity contribution in [3.8, 4) is 6.07 Å². The molecule has 2 aliphatic heterocycles. The highest BCUT2D eigenvalue weighted by molar-refractivity contribution is 5.22. The van der Waals surface area contributed by atoms with Crippen molar-refractivity contribution >= 4 is 0 Å². The molecule has 1 aromatic rings. The van der Waals surface area contributed by atoms with Crippen LogP contribution in [0.15, 0.2) is 30.3 Å². The van der Waals surface area contributed by atoms with Gasteiger partial charge in [-0.15, -0.1) is 0 Å². The Kier molecular flexibility index (Phi) is 8.50. The van der Waals surface area contributed by atoms with Crippen LogP contribution in [-0.2, 0) is 18.9 Å². The number of rotatable bonds is 7. The Morgan fingerprint density at radius 2 is 1.38 bits per heavy atom. The van der Waals surface area contributed by atoms with E-state index in [0.29, 0.717) is 5.56 Å². The molecule has 2 aliphatic rings. The van der Waals surface area contributed by atoms with Gasteiger partial charge >= 0.3 is 0 Å². The zero-order chi connectivity index (χ0) is 23.4. The van der Waals surface area contributed by atoms with E-state index >= 15 is 0 Å². The highest BCUT2D eigenvalue weighted by atomic mass is 16.7. The van der Waals surface area contributed by atoms with Gasteiger partial charge in [0.15, 0.2) is 18.7 Å². The number of nitrogens with zero attached hydrogens (tertiary/aromatic N) is 1. The third kappa shape index (κ3) is 5.25. The lowest BCUT2D eigenvalue weighted by Crippen LogP contribution is -2.61. The minimum Gasteiger partial charge on any atom is -0.394 e. The van der Waals surface area contributed by atoms with Gasteiger partial charge in [0.05, 0.1) is 19.3 Å². The van der Waals surface area contributed by atoms with E-state index in [0.717, 1.165) is 0 Å². The number of aliphatic hydroxyl groups excluding tert-OH is 7. The second-order valence-electron chi connectivity index (χ2n) is 7.60. The van der Waals surface area contributed by atoms with Crippen molar-refractivity contribution in [2.45, 2.75) is 67.5 Å². The fourth-order valence-corrected chi connectivity index (χ4v) is 3.51. The van der Waals surface area contributed by atoms with Crippen LogP contribution in [0.1, 0.15) is 11.7 Å². The van der Waals surface area contributed by atoms with Gasteiger partial charge in [0.25, 0.3) is 0 Å². The summed E-state index contributed by atoms with van der Waals surface area (Å²) in [6, 6.07) is 10.3. The van der Waals surface area contributed by atoms with Crippen LogP contribution in [0.5, 0.6) is 0 Å². The SMILES string of the molecule is N#C[C@H](O[C@@H]1O[C@@H](CO[C@H]2O[C@@H](CO)[C@@H](O)[C@@H](O)[C@H]2O)[C@@H](O)[C@@H](O)[C@H]1O)c1ccccc1. The van der Waals surface area contributed by atoms with Crippen LogP contribution in [-0.4, -0.2) is 110 Å². The average molecular weight is 457 g/mol. The van der Waals surface area contributed by atoms with Gasteiger partial charge in [-0.25, -0.2) is 0 Å². The number of hydrogen-bond donors (Lipinski definition) is 7. The number of benzene rings is 1. The van der Waals surface area contributed by atoms with Crippen LogP contribution in [0.4, 0.5) is 0 Å². The molecule has 0 aromatic heterocycles. The largest absolute Gasteiger partial charge is 0.394 e. The molecule has 0 bridgehead atoms. The maximum Gasteiger partial charge on any atom is 0.188 e. The Morgan fingerprint density at radius 3 is 1.97 bits per heavy atom. The van der Waals surface area contributed by atoms with E-state index in [4.69, 9.17) is 18.9 Å². The highest BCUT2D eigenvalue weighted by Crippen LogP contribution is 2.28. The summed E-state index contributed by atoms with van der Waals surface area (Å²) >= 11 is 0. The topological polar surface area (TPSA) is 202 Å². The third-order valence-corrected chi connectivity index (χ3v) is 5.43. The fraction of sp³-hybridized carbons (Fsp3) is 0.650. The predicted octanol–water partition coefficient (Wildman–Crippen LogP) is -3.11. The van der Waals surface area contributed by atoms with Crippen molar-refractivity contribution in [3.63, 3.8) is 0 Å². The standard InChI is InChI=1S/C20H27NO11/c21-6-10(9-4-2-1-3-5-9)30-20-18(28)16(26)14(24)12(32-20)8-29-19-17(27)15(25)13(23)11(7-22)31-19/h1-5,10-20,22-28H,7-8H2/t10-,11-,12-,13+,14+,15+,16+,17+,18+,19-,20+/m0/s1. The zero-order valence-corrected chi connectivity index (χ0v) is 16.9. The monoisotopic (exact) mass is 457 g/mol. The van der Waals surface area contributed by atoms with Crippen LogP contribution in [0.3, 0.4) is 0 Å². The normalized spacial score (nSPS) is 41.1. The van der Waals surface area contributed by atoms with E-state index in [1.807, 2.05) is 6.07 Å². The summed E-state index contributed by atoms with van der Waals surface area (Å²) in [5.41, 5.74) is 0.487. The molecule has 0 aliphatic carbocycles. The second kappa shape index (κ2) is 10.9. The van der Waals surface area contributed by atoms with Gasteiger partial charge in [-0.05, 0) is 5.56 Å². The van der Waals surface area contributed by atoms with Gasteiger partial charge in [-0.3, -0.25) is 0 Å². The maximum atomic E-state index is 10.3. The molecule has 2 fully saturated rings. The smallest absolute Gasteiger partial charge is 0.188 e. The lowest BCUT2D eigenvalue weighted by atomic mass is 9.98. The Balaban J connectivity index is 1.65. The summed E-state index contributed by atoms with van der Waals surface area (Å²) in [5.74, 6) is 0. The zero-order valence-electron chi connectivity index (χ0n) is 16.9. The molecule has 7 N–H and O–H groups in total. The fourth-order valence-electron chi connectivity index (χ4n) is 3.51. The van der Waals surface area contributed by atoms with Crippen LogP contribution >= 0.6 is 0 Å². The Labute approximate surface area is 183 Å². The lowest BCUT2D eigenvalue weighted by molar-refractivity contribution is -0.334. The molecular formula is C20H27NO11. The Bertz CT molecular complexity index is 760. The molecule has 1 aromatic carbocycles. The number of nitriles is 1. The summed E-state index contributed by atoms with van der Waals surface area (Å²) in [7, 11) is 0. The van der Waals surface area contributed by atoms with E-state index in [1.165, 1.54) is 0 Å². The van der Waals surface area contributed by atoms with Crippen LogP contribution < -0.4 is 0 Å². The molecule has 11 atom stereocenters. The molecule has 0 saturated carbocycles. The maximum absolute atomic E-state index is 10.3. The predicted molar refractivity (Wildman–Crippen MR) is 102 cm³/mol. The van der Waals surface area contributed by atoms with Crippen LogP contribution in [0, 0.1) is 11.3 Å². The quantitative estimate of drug-likeness (QED) is 0.218. The molecule has 12 heteroatoms. The minimum absolute atomic E-state index is 0.487. The number of hydrogen-bond acceptors (Lipinski definition) is 12. The molecule has 0 amide bonds. The van der Waals surface area contributed by atoms with Gasteiger partial charge < -0.3 is 54.7 Å². The molecule has 32 heavy (non-hydrogen) atoms. The van der Waals surface area contributed by atoms with Crippen LogP contribution in [0.2, 0.25) is 0 Å². The minimum atomic E-state index is -1.70. The number of aliphatic hydroxyl groups is 7. The summed E-state index contributed by atoms with van der Waals surface area (Å²) in [6.07, 6.45) is -16.5. The van der Waals surface area contributed by atoms with E-state index < -0.39 is 80.7 Å². The second-order valence-corrected chi connectivity index (χ2v) is 7.60. The molecule has 12 nitrogen and oxygen atoms in total. The molecule has 2 heterocycles. The Hall–Kier alpha value is -1.73. The van der Waals surface area contributed by atoms with Crippen molar-refractivity contribution in [2.75, 3.05) is 13.2 Å². The summed E-state index contributed by atoms with van der Waals surface area (Å²) in [6.45, 7) is -1.14.